The van der Waals surface area contributed by atoms with Crippen molar-refractivity contribution in [3.63, 3.8) is 0 Å². The van der Waals surface area contributed by atoms with E-state index in [1.54, 1.807) is 6.07 Å². The van der Waals surface area contributed by atoms with Gasteiger partial charge in [-0.3, -0.25) is 4.79 Å². The molecule has 1 amide bonds. The van der Waals surface area contributed by atoms with Crippen LogP contribution in [0.25, 0.3) is 11.0 Å². The van der Waals surface area contributed by atoms with Crippen LogP contribution in [-0.2, 0) is 17.8 Å². The molecule has 2 aromatic carbocycles. The van der Waals surface area contributed by atoms with Crippen molar-refractivity contribution in [1.29, 1.82) is 0 Å². The lowest BCUT2D eigenvalue weighted by Gasteiger charge is -2.12. The van der Waals surface area contributed by atoms with Crippen LogP contribution in [-0.4, -0.2) is 29.1 Å². The number of carbonyl (C=O) groups is 1. The summed E-state index contributed by atoms with van der Waals surface area (Å²) in [7, 11) is 0. The van der Waals surface area contributed by atoms with Gasteiger partial charge in [0.25, 0.3) is 0 Å². The fraction of sp³-hybridized carbons (Fsp3) is 0.300. The molecule has 7 heteroatoms. The summed E-state index contributed by atoms with van der Waals surface area (Å²) in [5, 5.41) is 3.42. The number of para-hydroxylation sites is 2. The van der Waals surface area contributed by atoms with E-state index in [0.717, 1.165) is 28.8 Å². The first kappa shape index (κ1) is 17.7. The number of aryl methyl sites for hydroxylation is 1. The Morgan fingerprint density at radius 1 is 1.22 bits per heavy atom. The van der Waals surface area contributed by atoms with Crippen molar-refractivity contribution in [2.75, 3.05) is 13.2 Å². The second-order valence-corrected chi connectivity index (χ2v) is 6.84. The smallest absolute Gasteiger partial charge is 0.220 e. The molecule has 0 saturated heterocycles. The Kier molecular flexibility index (Phi) is 5.16. The van der Waals surface area contributed by atoms with Crippen molar-refractivity contribution in [2.45, 2.75) is 25.8 Å². The van der Waals surface area contributed by atoms with E-state index >= 15 is 0 Å². The summed E-state index contributed by atoms with van der Waals surface area (Å²) in [5.74, 6) is 1.98. The molecule has 27 heavy (non-hydrogen) atoms. The van der Waals surface area contributed by atoms with Crippen LogP contribution < -0.4 is 14.8 Å². The van der Waals surface area contributed by atoms with Crippen LogP contribution in [0.1, 0.15) is 24.2 Å². The third-order valence-electron chi connectivity index (χ3n) is 4.38. The number of aromatic amines is 1. The van der Waals surface area contributed by atoms with Crippen LogP contribution in [0.3, 0.4) is 0 Å². The average molecular weight is 386 g/mol. The van der Waals surface area contributed by atoms with Crippen molar-refractivity contribution in [3.8, 4) is 11.5 Å². The highest BCUT2D eigenvalue weighted by atomic mass is 35.5. The molecule has 3 aromatic rings. The number of carbonyl (C=O) groups excluding carboxylic acids is 1. The van der Waals surface area contributed by atoms with E-state index in [2.05, 4.69) is 15.3 Å². The minimum atomic E-state index is -0.0429. The van der Waals surface area contributed by atoms with E-state index in [1.165, 1.54) is 0 Å². The maximum Gasteiger partial charge on any atom is 0.220 e. The Morgan fingerprint density at radius 2 is 2.07 bits per heavy atom. The lowest BCUT2D eigenvalue weighted by Crippen LogP contribution is -2.23. The van der Waals surface area contributed by atoms with Gasteiger partial charge in [0.05, 0.1) is 29.3 Å². The van der Waals surface area contributed by atoms with Gasteiger partial charge in [0, 0.05) is 25.8 Å². The SMILES string of the molecule is O=C(CCc1nc2ccccc2[nH]1)NCc1cc(Cl)c2c(c1)OCCCO2. The van der Waals surface area contributed by atoms with Crippen LogP contribution in [0.15, 0.2) is 36.4 Å². The lowest BCUT2D eigenvalue weighted by atomic mass is 10.2. The Labute approximate surface area is 161 Å². The van der Waals surface area contributed by atoms with Gasteiger partial charge in [-0.1, -0.05) is 23.7 Å². The molecule has 0 radical (unpaired) electrons. The Morgan fingerprint density at radius 3 is 2.96 bits per heavy atom. The Balaban J connectivity index is 1.33. The molecule has 2 heterocycles. The summed E-state index contributed by atoms with van der Waals surface area (Å²) in [6.45, 7) is 1.57. The first-order chi connectivity index (χ1) is 13.2. The van der Waals surface area contributed by atoms with Gasteiger partial charge >= 0.3 is 0 Å². The number of hydrogen-bond acceptors (Lipinski definition) is 4. The summed E-state index contributed by atoms with van der Waals surface area (Å²) in [5.41, 5.74) is 2.77. The van der Waals surface area contributed by atoms with Gasteiger partial charge in [-0.05, 0) is 29.8 Å². The second kappa shape index (κ2) is 7.88. The molecule has 1 aliphatic rings. The lowest BCUT2D eigenvalue weighted by molar-refractivity contribution is -0.121. The van der Waals surface area contributed by atoms with E-state index in [4.69, 9.17) is 21.1 Å². The molecule has 4 rings (SSSR count). The molecule has 0 unspecified atom stereocenters. The number of benzene rings is 2. The number of rotatable bonds is 5. The van der Waals surface area contributed by atoms with Gasteiger partial charge < -0.3 is 19.8 Å². The molecular weight excluding hydrogens is 366 g/mol. The number of H-pyrrole nitrogens is 1. The molecule has 0 spiro atoms. The highest BCUT2D eigenvalue weighted by Crippen LogP contribution is 2.37. The molecule has 0 fully saturated rings. The molecule has 0 atom stereocenters. The fourth-order valence-corrected chi connectivity index (χ4v) is 3.32. The topological polar surface area (TPSA) is 76.2 Å². The van der Waals surface area contributed by atoms with E-state index < -0.39 is 0 Å². The normalized spacial score (nSPS) is 13.4. The van der Waals surface area contributed by atoms with Crippen molar-refractivity contribution >= 4 is 28.5 Å². The number of amides is 1. The third kappa shape index (κ3) is 4.17. The second-order valence-electron chi connectivity index (χ2n) is 6.43. The number of ether oxygens (including phenoxy) is 2. The summed E-state index contributed by atoms with van der Waals surface area (Å²) >= 11 is 6.28. The standard InChI is InChI=1S/C20H20ClN3O3/c21-14-10-13(11-17-20(14)27-9-3-8-26-17)12-22-19(25)7-6-18-23-15-4-1-2-5-16(15)24-18/h1-2,4-5,10-11H,3,6-9,12H2,(H,22,25)(H,23,24). The van der Waals surface area contributed by atoms with Gasteiger partial charge in [-0.2, -0.15) is 0 Å². The first-order valence-electron chi connectivity index (χ1n) is 8.97. The minimum Gasteiger partial charge on any atom is -0.489 e. The van der Waals surface area contributed by atoms with Gasteiger partial charge in [0.1, 0.15) is 5.82 Å². The molecule has 2 N–H and O–H groups in total. The van der Waals surface area contributed by atoms with Crippen LogP contribution in [0, 0.1) is 0 Å². The maximum absolute atomic E-state index is 12.2. The van der Waals surface area contributed by atoms with Gasteiger partial charge in [-0.15, -0.1) is 0 Å². The third-order valence-corrected chi connectivity index (χ3v) is 4.66. The molecule has 6 nitrogen and oxygen atoms in total. The van der Waals surface area contributed by atoms with Gasteiger partial charge in [0.15, 0.2) is 11.5 Å². The Bertz CT molecular complexity index is 937. The van der Waals surface area contributed by atoms with Crippen LogP contribution >= 0.6 is 11.6 Å². The largest absolute Gasteiger partial charge is 0.489 e. The highest BCUT2D eigenvalue weighted by Gasteiger charge is 2.16. The summed E-state index contributed by atoms with van der Waals surface area (Å²) in [6, 6.07) is 11.5. The van der Waals surface area contributed by atoms with Crippen molar-refractivity contribution in [1.82, 2.24) is 15.3 Å². The number of fused-ring (bicyclic) bond motifs is 2. The van der Waals surface area contributed by atoms with Crippen LogP contribution in [0.2, 0.25) is 5.02 Å². The van der Waals surface area contributed by atoms with E-state index in [0.29, 0.717) is 49.1 Å². The molecular formula is C20H20ClN3O3. The number of hydrogen-bond donors (Lipinski definition) is 2. The first-order valence-corrected chi connectivity index (χ1v) is 9.35. The van der Waals surface area contributed by atoms with E-state index in [9.17, 15) is 4.79 Å². The monoisotopic (exact) mass is 385 g/mol. The number of nitrogens with one attached hydrogen (secondary N) is 2. The molecule has 0 saturated carbocycles. The molecule has 0 aliphatic carbocycles. The number of halogens is 1. The molecule has 0 bridgehead atoms. The van der Waals surface area contributed by atoms with Crippen molar-refractivity contribution < 1.29 is 14.3 Å². The van der Waals surface area contributed by atoms with Crippen molar-refractivity contribution in [3.05, 3.63) is 52.8 Å². The Hall–Kier alpha value is -2.73. The van der Waals surface area contributed by atoms with Crippen LogP contribution in [0.4, 0.5) is 0 Å². The van der Waals surface area contributed by atoms with Crippen molar-refractivity contribution in [2.24, 2.45) is 0 Å². The molecule has 1 aliphatic heterocycles. The predicted molar refractivity (Wildman–Crippen MR) is 103 cm³/mol. The fourth-order valence-electron chi connectivity index (χ4n) is 3.03. The van der Waals surface area contributed by atoms with Crippen LogP contribution in [0.5, 0.6) is 11.5 Å². The molecule has 1 aromatic heterocycles. The molecule has 140 valence electrons. The van der Waals surface area contributed by atoms with Gasteiger partial charge in [-0.25, -0.2) is 4.98 Å². The summed E-state index contributed by atoms with van der Waals surface area (Å²) in [4.78, 5) is 19.9. The minimum absolute atomic E-state index is 0.0429. The zero-order valence-corrected chi connectivity index (χ0v) is 15.5. The van der Waals surface area contributed by atoms with Gasteiger partial charge in [0.2, 0.25) is 5.91 Å². The highest BCUT2D eigenvalue weighted by molar-refractivity contribution is 6.32. The predicted octanol–water partition coefficient (Wildman–Crippen LogP) is 3.63. The number of imidazole rings is 1. The summed E-state index contributed by atoms with van der Waals surface area (Å²) in [6.07, 6.45) is 1.74. The average Bonchev–Trinajstić information content (AvgIpc) is 2.93. The zero-order chi connectivity index (χ0) is 18.6. The zero-order valence-electron chi connectivity index (χ0n) is 14.8. The van der Waals surface area contributed by atoms with E-state index in [-0.39, 0.29) is 5.91 Å². The van der Waals surface area contributed by atoms with E-state index in [1.807, 2.05) is 30.3 Å². The maximum atomic E-state index is 12.2. The summed E-state index contributed by atoms with van der Waals surface area (Å²) < 4.78 is 11.3. The number of aromatic nitrogens is 2. The quantitative estimate of drug-likeness (QED) is 0.703. The number of nitrogens with zero attached hydrogens (tertiary/aromatic N) is 1.